The summed E-state index contributed by atoms with van der Waals surface area (Å²) in [4.78, 5) is 16.9. The van der Waals surface area contributed by atoms with Gasteiger partial charge in [0.25, 0.3) is 0 Å². The van der Waals surface area contributed by atoms with Gasteiger partial charge < -0.3 is 9.64 Å². The number of ether oxygens (including phenoxy) is 1. The Morgan fingerprint density at radius 1 is 1.09 bits per heavy atom. The monoisotopic (exact) mass is 316 g/mol. The van der Waals surface area contributed by atoms with Gasteiger partial charge in [-0.1, -0.05) is 29.8 Å². The van der Waals surface area contributed by atoms with E-state index in [2.05, 4.69) is 41.0 Å². The van der Waals surface area contributed by atoms with Crippen LogP contribution in [0, 0.1) is 12.8 Å². The Morgan fingerprint density at radius 2 is 1.74 bits per heavy atom. The van der Waals surface area contributed by atoms with E-state index < -0.39 is 0 Å². The van der Waals surface area contributed by atoms with E-state index in [1.807, 2.05) is 0 Å². The lowest BCUT2D eigenvalue weighted by molar-refractivity contribution is -0.134. The SMILES string of the molecule is Cc1ccc(CN2CCN(C(=O)CC3CCOCC3)CC2)cc1. The molecule has 0 unspecified atom stereocenters. The minimum atomic E-state index is 0.340. The number of carbonyl (C=O) groups is 1. The Kier molecular flexibility index (Phi) is 5.68. The van der Waals surface area contributed by atoms with Crippen LogP contribution in [0.5, 0.6) is 0 Å². The minimum absolute atomic E-state index is 0.340. The smallest absolute Gasteiger partial charge is 0.222 e. The Balaban J connectivity index is 1.42. The van der Waals surface area contributed by atoms with Gasteiger partial charge in [-0.25, -0.2) is 0 Å². The molecule has 0 N–H and O–H groups in total. The molecular weight excluding hydrogens is 288 g/mol. The number of piperazine rings is 1. The number of hydrogen-bond donors (Lipinski definition) is 0. The van der Waals surface area contributed by atoms with E-state index in [1.54, 1.807) is 0 Å². The number of benzene rings is 1. The molecule has 4 heteroatoms. The molecule has 0 bridgehead atoms. The van der Waals surface area contributed by atoms with Crippen LogP contribution < -0.4 is 0 Å². The van der Waals surface area contributed by atoms with Crippen molar-refractivity contribution in [3.63, 3.8) is 0 Å². The summed E-state index contributed by atoms with van der Waals surface area (Å²) in [6.07, 6.45) is 2.79. The van der Waals surface area contributed by atoms with Gasteiger partial charge in [0.05, 0.1) is 0 Å². The molecule has 1 aromatic carbocycles. The fourth-order valence-electron chi connectivity index (χ4n) is 3.43. The Bertz CT molecular complexity index is 501. The van der Waals surface area contributed by atoms with Gasteiger partial charge in [-0.2, -0.15) is 0 Å². The quantitative estimate of drug-likeness (QED) is 0.855. The molecule has 2 fully saturated rings. The van der Waals surface area contributed by atoms with Gasteiger partial charge in [0.15, 0.2) is 0 Å². The molecule has 2 saturated heterocycles. The molecule has 2 aliphatic heterocycles. The number of rotatable bonds is 4. The summed E-state index contributed by atoms with van der Waals surface area (Å²) in [5, 5.41) is 0. The number of carbonyl (C=O) groups excluding carboxylic acids is 1. The zero-order valence-corrected chi connectivity index (χ0v) is 14.2. The average molecular weight is 316 g/mol. The normalized spacial score (nSPS) is 20.7. The zero-order valence-electron chi connectivity index (χ0n) is 14.2. The Labute approximate surface area is 139 Å². The molecule has 1 amide bonds. The Hall–Kier alpha value is -1.39. The molecule has 0 saturated carbocycles. The molecule has 126 valence electrons. The van der Waals surface area contributed by atoms with Crippen molar-refractivity contribution in [1.82, 2.24) is 9.80 Å². The zero-order chi connectivity index (χ0) is 16.1. The predicted molar refractivity (Wildman–Crippen MR) is 91.2 cm³/mol. The molecule has 23 heavy (non-hydrogen) atoms. The van der Waals surface area contributed by atoms with Gasteiger partial charge in [0, 0.05) is 52.4 Å². The van der Waals surface area contributed by atoms with Gasteiger partial charge in [-0.3, -0.25) is 9.69 Å². The first-order chi connectivity index (χ1) is 11.2. The van der Waals surface area contributed by atoms with Crippen LogP contribution in [-0.2, 0) is 16.1 Å². The number of hydrogen-bond acceptors (Lipinski definition) is 3. The molecular formula is C19H28N2O2. The van der Waals surface area contributed by atoms with Crippen LogP contribution in [0.1, 0.15) is 30.4 Å². The van der Waals surface area contributed by atoms with Crippen LogP contribution >= 0.6 is 0 Å². The molecule has 2 aliphatic rings. The highest BCUT2D eigenvalue weighted by Crippen LogP contribution is 2.20. The van der Waals surface area contributed by atoms with Crippen molar-refractivity contribution >= 4 is 5.91 Å². The fourth-order valence-corrected chi connectivity index (χ4v) is 3.43. The second-order valence-corrected chi connectivity index (χ2v) is 6.90. The summed E-state index contributed by atoms with van der Waals surface area (Å²) in [7, 11) is 0. The van der Waals surface area contributed by atoms with Crippen LogP contribution in [0.15, 0.2) is 24.3 Å². The van der Waals surface area contributed by atoms with Crippen LogP contribution in [0.4, 0.5) is 0 Å². The van der Waals surface area contributed by atoms with Gasteiger partial charge >= 0.3 is 0 Å². The van der Waals surface area contributed by atoms with E-state index in [1.165, 1.54) is 11.1 Å². The number of amides is 1. The maximum Gasteiger partial charge on any atom is 0.222 e. The highest BCUT2D eigenvalue weighted by atomic mass is 16.5. The van der Waals surface area contributed by atoms with Gasteiger partial charge in [-0.05, 0) is 31.2 Å². The predicted octanol–water partition coefficient (Wildman–Crippen LogP) is 2.46. The Morgan fingerprint density at radius 3 is 2.39 bits per heavy atom. The van der Waals surface area contributed by atoms with Gasteiger partial charge in [0.1, 0.15) is 0 Å². The first-order valence-electron chi connectivity index (χ1n) is 8.84. The largest absolute Gasteiger partial charge is 0.381 e. The second-order valence-electron chi connectivity index (χ2n) is 6.90. The summed E-state index contributed by atoms with van der Waals surface area (Å²) in [6.45, 7) is 8.45. The van der Waals surface area contributed by atoms with E-state index in [0.29, 0.717) is 18.2 Å². The maximum atomic E-state index is 12.4. The van der Waals surface area contributed by atoms with Crippen molar-refractivity contribution < 1.29 is 9.53 Å². The summed E-state index contributed by atoms with van der Waals surface area (Å²) in [6, 6.07) is 8.75. The molecule has 2 heterocycles. The van der Waals surface area contributed by atoms with Crippen LogP contribution in [0.25, 0.3) is 0 Å². The first kappa shape index (κ1) is 16.5. The molecule has 0 aromatic heterocycles. The van der Waals surface area contributed by atoms with Crippen molar-refractivity contribution in [3.05, 3.63) is 35.4 Å². The molecule has 0 aliphatic carbocycles. The van der Waals surface area contributed by atoms with Crippen LogP contribution in [0.3, 0.4) is 0 Å². The first-order valence-corrected chi connectivity index (χ1v) is 8.84. The number of aryl methyl sites for hydroxylation is 1. The third kappa shape index (κ3) is 4.79. The lowest BCUT2D eigenvalue weighted by Gasteiger charge is -2.35. The summed E-state index contributed by atoms with van der Waals surface area (Å²) < 4.78 is 5.37. The van der Waals surface area contributed by atoms with Gasteiger partial charge in [0.2, 0.25) is 5.91 Å². The average Bonchev–Trinajstić information content (AvgIpc) is 2.58. The lowest BCUT2D eigenvalue weighted by Crippen LogP contribution is -2.48. The summed E-state index contributed by atoms with van der Waals surface area (Å²) in [5.74, 6) is 0.869. The summed E-state index contributed by atoms with van der Waals surface area (Å²) in [5.41, 5.74) is 2.66. The standard InChI is InChI=1S/C19H28N2O2/c1-16-2-4-18(5-3-16)15-20-8-10-21(11-9-20)19(22)14-17-6-12-23-13-7-17/h2-5,17H,6-15H2,1H3. The van der Waals surface area contributed by atoms with Crippen LogP contribution in [0.2, 0.25) is 0 Å². The van der Waals surface area contributed by atoms with Crippen LogP contribution in [-0.4, -0.2) is 55.1 Å². The molecule has 0 spiro atoms. The molecule has 0 atom stereocenters. The van der Waals surface area contributed by atoms with Gasteiger partial charge in [-0.15, -0.1) is 0 Å². The summed E-state index contributed by atoms with van der Waals surface area (Å²) >= 11 is 0. The van der Waals surface area contributed by atoms with E-state index >= 15 is 0 Å². The highest BCUT2D eigenvalue weighted by Gasteiger charge is 2.24. The van der Waals surface area contributed by atoms with Crippen molar-refractivity contribution in [2.45, 2.75) is 32.7 Å². The van der Waals surface area contributed by atoms with E-state index in [4.69, 9.17) is 4.74 Å². The number of nitrogens with zero attached hydrogens (tertiary/aromatic N) is 2. The molecule has 0 radical (unpaired) electrons. The highest BCUT2D eigenvalue weighted by molar-refractivity contribution is 5.76. The topological polar surface area (TPSA) is 32.8 Å². The van der Waals surface area contributed by atoms with E-state index in [0.717, 1.165) is 58.8 Å². The second kappa shape index (κ2) is 7.93. The van der Waals surface area contributed by atoms with E-state index in [-0.39, 0.29) is 0 Å². The third-order valence-corrected chi connectivity index (χ3v) is 5.06. The fraction of sp³-hybridized carbons (Fsp3) is 0.632. The lowest BCUT2D eigenvalue weighted by atomic mass is 9.96. The van der Waals surface area contributed by atoms with Crippen molar-refractivity contribution in [2.75, 3.05) is 39.4 Å². The van der Waals surface area contributed by atoms with E-state index in [9.17, 15) is 4.79 Å². The third-order valence-electron chi connectivity index (χ3n) is 5.06. The molecule has 3 rings (SSSR count). The van der Waals surface area contributed by atoms with Crippen molar-refractivity contribution in [1.29, 1.82) is 0 Å². The molecule has 1 aromatic rings. The minimum Gasteiger partial charge on any atom is -0.381 e. The van der Waals surface area contributed by atoms with Crippen molar-refractivity contribution in [2.24, 2.45) is 5.92 Å². The maximum absolute atomic E-state index is 12.4. The van der Waals surface area contributed by atoms with Crippen molar-refractivity contribution in [3.8, 4) is 0 Å². The molecule has 4 nitrogen and oxygen atoms in total.